The number of thiophene rings is 1. The van der Waals surface area contributed by atoms with Crippen LogP contribution in [0.1, 0.15) is 41.8 Å². The molecule has 1 saturated heterocycles. The van der Waals surface area contributed by atoms with Gasteiger partial charge >= 0.3 is 5.97 Å². The van der Waals surface area contributed by atoms with E-state index in [0.29, 0.717) is 37.1 Å². The SMILES string of the molecule is O=C(N[C@@H]1CC[C@H](C(=O)O)C1)C1CCCN1C(=O)c1cccs1. The highest BCUT2D eigenvalue weighted by molar-refractivity contribution is 7.12. The van der Waals surface area contributed by atoms with Crippen LogP contribution in [0.2, 0.25) is 0 Å². The number of hydrogen-bond donors (Lipinski definition) is 2. The molecule has 1 aliphatic heterocycles. The van der Waals surface area contributed by atoms with Gasteiger partial charge in [0.2, 0.25) is 5.91 Å². The lowest BCUT2D eigenvalue weighted by atomic mass is 10.1. The van der Waals surface area contributed by atoms with Gasteiger partial charge in [0, 0.05) is 12.6 Å². The molecule has 2 aliphatic rings. The van der Waals surface area contributed by atoms with Crippen molar-refractivity contribution in [1.82, 2.24) is 10.2 Å². The molecule has 2 fully saturated rings. The van der Waals surface area contributed by atoms with Gasteiger partial charge in [-0.1, -0.05) is 6.07 Å². The van der Waals surface area contributed by atoms with Crippen molar-refractivity contribution in [3.8, 4) is 0 Å². The molecule has 1 aliphatic carbocycles. The maximum Gasteiger partial charge on any atom is 0.306 e. The molecule has 2 amide bonds. The number of nitrogens with zero attached hydrogens (tertiary/aromatic N) is 1. The Hall–Kier alpha value is -1.89. The highest BCUT2D eigenvalue weighted by Gasteiger charge is 2.37. The Labute approximate surface area is 138 Å². The fourth-order valence-corrected chi connectivity index (χ4v) is 4.14. The third kappa shape index (κ3) is 3.39. The van der Waals surface area contributed by atoms with Crippen molar-refractivity contribution < 1.29 is 19.5 Å². The Balaban J connectivity index is 1.60. The Morgan fingerprint density at radius 1 is 1.26 bits per heavy atom. The topological polar surface area (TPSA) is 86.7 Å². The molecule has 23 heavy (non-hydrogen) atoms. The minimum absolute atomic E-state index is 0.0903. The first kappa shape index (κ1) is 16.0. The third-order valence-corrected chi connectivity index (χ3v) is 5.53. The molecular weight excluding hydrogens is 316 g/mol. The lowest BCUT2D eigenvalue weighted by molar-refractivity contribution is -0.141. The van der Waals surface area contributed by atoms with Crippen LogP contribution in [0.5, 0.6) is 0 Å². The van der Waals surface area contributed by atoms with E-state index in [9.17, 15) is 14.4 Å². The van der Waals surface area contributed by atoms with Crippen molar-refractivity contribution in [2.45, 2.75) is 44.2 Å². The van der Waals surface area contributed by atoms with Crippen LogP contribution in [-0.4, -0.2) is 46.4 Å². The zero-order chi connectivity index (χ0) is 16.4. The molecule has 2 heterocycles. The summed E-state index contributed by atoms with van der Waals surface area (Å²) in [7, 11) is 0. The van der Waals surface area contributed by atoms with Crippen molar-refractivity contribution >= 4 is 29.1 Å². The molecule has 3 rings (SSSR count). The molecule has 1 aromatic heterocycles. The molecule has 0 aromatic carbocycles. The van der Waals surface area contributed by atoms with Gasteiger partial charge < -0.3 is 15.3 Å². The number of carboxylic acids is 1. The van der Waals surface area contributed by atoms with Gasteiger partial charge in [-0.3, -0.25) is 14.4 Å². The van der Waals surface area contributed by atoms with Gasteiger partial charge in [-0.2, -0.15) is 0 Å². The summed E-state index contributed by atoms with van der Waals surface area (Å²) < 4.78 is 0. The molecule has 0 spiro atoms. The summed E-state index contributed by atoms with van der Waals surface area (Å²) in [6, 6.07) is 3.07. The summed E-state index contributed by atoms with van der Waals surface area (Å²) >= 11 is 1.38. The zero-order valence-corrected chi connectivity index (χ0v) is 13.6. The van der Waals surface area contributed by atoms with Gasteiger partial charge in [0.1, 0.15) is 6.04 Å². The maximum absolute atomic E-state index is 12.5. The van der Waals surface area contributed by atoms with Gasteiger partial charge in [0.05, 0.1) is 10.8 Å². The van der Waals surface area contributed by atoms with E-state index in [-0.39, 0.29) is 23.8 Å². The summed E-state index contributed by atoms with van der Waals surface area (Å²) in [5.41, 5.74) is 0. The number of amides is 2. The van der Waals surface area contributed by atoms with Crippen molar-refractivity contribution in [2.24, 2.45) is 5.92 Å². The Bertz CT molecular complexity index is 601. The Morgan fingerprint density at radius 2 is 2.09 bits per heavy atom. The number of carbonyl (C=O) groups is 3. The van der Waals surface area contributed by atoms with Crippen LogP contribution in [0.4, 0.5) is 0 Å². The van der Waals surface area contributed by atoms with Gasteiger partial charge in [0.25, 0.3) is 5.91 Å². The monoisotopic (exact) mass is 336 g/mol. The van der Waals surface area contributed by atoms with Gasteiger partial charge in [-0.15, -0.1) is 11.3 Å². The Kier molecular flexibility index (Phi) is 4.66. The smallest absolute Gasteiger partial charge is 0.306 e. The average Bonchev–Trinajstić information content (AvgIpc) is 3.26. The molecule has 2 N–H and O–H groups in total. The molecule has 3 atom stereocenters. The van der Waals surface area contributed by atoms with E-state index in [0.717, 1.165) is 6.42 Å². The largest absolute Gasteiger partial charge is 0.481 e. The minimum Gasteiger partial charge on any atom is -0.481 e. The average molecular weight is 336 g/mol. The maximum atomic E-state index is 12.5. The van der Waals surface area contributed by atoms with E-state index in [2.05, 4.69) is 5.32 Å². The normalized spacial score (nSPS) is 27.1. The quantitative estimate of drug-likeness (QED) is 0.876. The predicted molar refractivity (Wildman–Crippen MR) is 85.3 cm³/mol. The molecule has 0 radical (unpaired) electrons. The fourth-order valence-electron chi connectivity index (χ4n) is 3.46. The van der Waals surface area contributed by atoms with E-state index in [1.54, 1.807) is 11.0 Å². The summed E-state index contributed by atoms with van der Waals surface area (Å²) in [6.45, 7) is 0.594. The van der Waals surface area contributed by atoms with Crippen molar-refractivity contribution in [2.75, 3.05) is 6.54 Å². The molecule has 124 valence electrons. The summed E-state index contributed by atoms with van der Waals surface area (Å²) in [4.78, 5) is 38.3. The highest BCUT2D eigenvalue weighted by atomic mass is 32.1. The summed E-state index contributed by atoms with van der Waals surface area (Å²) in [5, 5.41) is 13.8. The van der Waals surface area contributed by atoms with Crippen LogP contribution in [0, 0.1) is 5.92 Å². The third-order valence-electron chi connectivity index (χ3n) is 4.68. The highest BCUT2D eigenvalue weighted by Crippen LogP contribution is 2.27. The van der Waals surface area contributed by atoms with Crippen molar-refractivity contribution in [1.29, 1.82) is 0 Å². The van der Waals surface area contributed by atoms with Crippen LogP contribution in [0.25, 0.3) is 0 Å². The first-order valence-electron chi connectivity index (χ1n) is 7.94. The van der Waals surface area contributed by atoms with E-state index >= 15 is 0 Å². The Morgan fingerprint density at radius 3 is 2.74 bits per heavy atom. The van der Waals surface area contributed by atoms with E-state index in [4.69, 9.17) is 5.11 Å². The van der Waals surface area contributed by atoms with E-state index in [1.165, 1.54) is 11.3 Å². The molecule has 1 unspecified atom stereocenters. The second-order valence-electron chi connectivity index (χ2n) is 6.19. The van der Waals surface area contributed by atoms with Gasteiger partial charge in [0.15, 0.2) is 0 Å². The van der Waals surface area contributed by atoms with Crippen LogP contribution < -0.4 is 5.32 Å². The molecule has 0 bridgehead atoms. The van der Waals surface area contributed by atoms with Crippen LogP contribution in [-0.2, 0) is 9.59 Å². The second kappa shape index (κ2) is 6.70. The number of carboxylic acid groups (broad SMARTS) is 1. The number of rotatable bonds is 4. The number of aliphatic carboxylic acids is 1. The van der Waals surface area contributed by atoms with Crippen LogP contribution in [0.15, 0.2) is 17.5 Å². The van der Waals surface area contributed by atoms with Crippen LogP contribution in [0.3, 0.4) is 0 Å². The van der Waals surface area contributed by atoms with Crippen LogP contribution >= 0.6 is 11.3 Å². The van der Waals surface area contributed by atoms with E-state index in [1.807, 2.05) is 11.4 Å². The first-order valence-corrected chi connectivity index (χ1v) is 8.82. The summed E-state index contributed by atoms with van der Waals surface area (Å²) in [6.07, 6.45) is 3.25. The number of carbonyl (C=O) groups excluding carboxylic acids is 2. The molecule has 7 heteroatoms. The fraction of sp³-hybridized carbons (Fsp3) is 0.562. The lowest BCUT2D eigenvalue weighted by Gasteiger charge is -2.25. The standard InChI is InChI=1S/C16H20N2O4S/c19-14(17-11-6-5-10(9-11)16(21)22)12-3-1-7-18(12)15(20)13-4-2-8-23-13/h2,4,8,10-12H,1,3,5-7,9H2,(H,17,19)(H,21,22)/t10-,11+,12?/m0/s1. The predicted octanol–water partition coefficient (Wildman–Crippen LogP) is 1.72. The van der Waals surface area contributed by atoms with Gasteiger partial charge in [-0.05, 0) is 43.6 Å². The molecular formula is C16H20N2O4S. The van der Waals surface area contributed by atoms with Gasteiger partial charge in [-0.25, -0.2) is 0 Å². The van der Waals surface area contributed by atoms with Crippen molar-refractivity contribution in [3.05, 3.63) is 22.4 Å². The number of likely N-dealkylation sites (tertiary alicyclic amines) is 1. The number of nitrogens with one attached hydrogen (secondary N) is 1. The summed E-state index contributed by atoms with van der Waals surface area (Å²) in [5.74, 6) is -1.40. The first-order chi connectivity index (χ1) is 11.1. The molecule has 6 nitrogen and oxygen atoms in total. The lowest BCUT2D eigenvalue weighted by Crippen LogP contribution is -2.48. The second-order valence-corrected chi connectivity index (χ2v) is 7.14. The van der Waals surface area contributed by atoms with Crippen molar-refractivity contribution in [3.63, 3.8) is 0 Å². The zero-order valence-electron chi connectivity index (χ0n) is 12.7. The van der Waals surface area contributed by atoms with E-state index < -0.39 is 12.0 Å². The minimum atomic E-state index is -0.794. The molecule has 1 aromatic rings. The number of hydrogen-bond acceptors (Lipinski definition) is 4. The molecule has 1 saturated carbocycles.